The lowest BCUT2D eigenvalue weighted by Gasteiger charge is -2.06. The van der Waals surface area contributed by atoms with E-state index in [-0.39, 0.29) is 11.1 Å². The predicted molar refractivity (Wildman–Crippen MR) is 70.4 cm³/mol. The van der Waals surface area contributed by atoms with E-state index in [0.717, 1.165) is 5.39 Å². The van der Waals surface area contributed by atoms with Gasteiger partial charge in [0.1, 0.15) is 17.3 Å². The minimum absolute atomic E-state index is 0.157. The second-order valence-electron chi connectivity index (χ2n) is 3.90. The molecule has 0 aliphatic carbocycles. The first kappa shape index (κ1) is 11.9. The Bertz CT molecular complexity index is 710. The van der Waals surface area contributed by atoms with E-state index in [9.17, 15) is 4.39 Å². The number of halogens is 2. The van der Waals surface area contributed by atoms with Crippen molar-refractivity contribution in [2.45, 2.75) is 6.54 Å². The molecule has 0 atom stereocenters. The largest absolute Gasteiger partial charge is 0.364 e. The zero-order valence-corrected chi connectivity index (χ0v) is 10.4. The topological polar surface area (TPSA) is 66.5 Å². The number of rotatable bonds is 3. The van der Waals surface area contributed by atoms with Crippen LogP contribution in [0.5, 0.6) is 0 Å². The Morgan fingerprint density at radius 3 is 2.95 bits per heavy atom. The molecule has 0 aromatic carbocycles. The highest BCUT2D eigenvalue weighted by molar-refractivity contribution is 6.28. The lowest BCUT2D eigenvalue weighted by molar-refractivity contribution is 0.619. The molecule has 0 saturated heterocycles. The van der Waals surface area contributed by atoms with Gasteiger partial charge in [-0.05, 0) is 29.8 Å². The van der Waals surface area contributed by atoms with Crippen molar-refractivity contribution in [2.75, 3.05) is 5.32 Å². The van der Waals surface area contributed by atoms with Gasteiger partial charge in [-0.1, -0.05) is 0 Å². The summed E-state index contributed by atoms with van der Waals surface area (Å²) < 4.78 is 12.7. The Morgan fingerprint density at radius 2 is 2.16 bits per heavy atom. The molecule has 0 radical (unpaired) electrons. The van der Waals surface area contributed by atoms with Gasteiger partial charge in [-0.15, -0.1) is 0 Å². The fourth-order valence-electron chi connectivity index (χ4n) is 1.73. The van der Waals surface area contributed by atoms with Crippen LogP contribution in [0.1, 0.15) is 5.69 Å². The summed E-state index contributed by atoms with van der Waals surface area (Å²) in [5, 5.41) is 4.11. The van der Waals surface area contributed by atoms with Crippen LogP contribution in [0.4, 0.5) is 10.2 Å². The van der Waals surface area contributed by atoms with Gasteiger partial charge in [0.05, 0.1) is 23.8 Å². The van der Waals surface area contributed by atoms with E-state index in [1.165, 1.54) is 12.3 Å². The summed E-state index contributed by atoms with van der Waals surface area (Å²) >= 11 is 5.84. The van der Waals surface area contributed by atoms with E-state index in [4.69, 9.17) is 11.6 Å². The monoisotopic (exact) mass is 277 g/mol. The molecule has 7 heteroatoms. The number of H-pyrrole nitrogens is 1. The smallest absolute Gasteiger partial charge is 0.226 e. The number of anilines is 1. The molecule has 2 N–H and O–H groups in total. The number of hydrogen-bond donors (Lipinski definition) is 2. The number of aromatic nitrogens is 4. The Morgan fingerprint density at radius 1 is 1.26 bits per heavy atom. The molecule has 0 saturated carbocycles. The van der Waals surface area contributed by atoms with Crippen LogP contribution < -0.4 is 5.32 Å². The van der Waals surface area contributed by atoms with Gasteiger partial charge in [0.15, 0.2) is 0 Å². The van der Waals surface area contributed by atoms with Gasteiger partial charge in [-0.2, -0.15) is 4.98 Å². The molecule has 0 fully saturated rings. The number of nitrogens with one attached hydrogen (secondary N) is 2. The van der Waals surface area contributed by atoms with Crippen molar-refractivity contribution < 1.29 is 4.39 Å². The van der Waals surface area contributed by atoms with E-state index in [1.54, 1.807) is 12.3 Å². The van der Waals surface area contributed by atoms with E-state index in [1.807, 2.05) is 6.07 Å². The minimum Gasteiger partial charge on any atom is -0.364 e. The Labute approximate surface area is 112 Å². The fourth-order valence-corrected chi connectivity index (χ4v) is 1.90. The molecular weight excluding hydrogens is 269 g/mol. The molecule has 3 aromatic heterocycles. The summed E-state index contributed by atoms with van der Waals surface area (Å²) in [4.78, 5) is 15.1. The second kappa shape index (κ2) is 4.81. The highest BCUT2D eigenvalue weighted by Crippen LogP contribution is 2.21. The SMILES string of the molecule is Fc1ccc(CNc2nc(Cl)nc3[nH]ccc23)nc1. The molecule has 0 aliphatic heterocycles. The van der Waals surface area contributed by atoms with Crippen LogP contribution in [-0.2, 0) is 6.54 Å². The van der Waals surface area contributed by atoms with Crippen molar-refractivity contribution in [3.63, 3.8) is 0 Å². The average molecular weight is 278 g/mol. The van der Waals surface area contributed by atoms with Crippen molar-refractivity contribution in [1.82, 2.24) is 19.9 Å². The van der Waals surface area contributed by atoms with Crippen molar-refractivity contribution in [3.05, 3.63) is 47.4 Å². The van der Waals surface area contributed by atoms with Gasteiger partial charge in [0.25, 0.3) is 0 Å². The molecule has 96 valence electrons. The number of hydrogen-bond acceptors (Lipinski definition) is 4. The molecular formula is C12H9ClFN5. The summed E-state index contributed by atoms with van der Waals surface area (Å²) in [5.41, 5.74) is 1.37. The van der Waals surface area contributed by atoms with E-state index in [0.29, 0.717) is 23.7 Å². The zero-order valence-electron chi connectivity index (χ0n) is 9.69. The molecule has 3 aromatic rings. The highest BCUT2D eigenvalue weighted by atomic mass is 35.5. The van der Waals surface area contributed by atoms with Gasteiger partial charge in [0, 0.05) is 6.20 Å². The molecule has 3 rings (SSSR count). The molecule has 0 spiro atoms. The number of fused-ring (bicyclic) bond motifs is 1. The Balaban J connectivity index is 1.85. The molecule has 19 heavy (non-hydrogen) atoms. The molecule has 3 heterocycles. The summed E-state index contributed by atoms with van der Waals surface area (Å²) in [5.74, 6) is 0.254. The van der Waals surface area contributed by atoms with E-state index < -0.39 is 0 Å². The predicted octanol–water partition coefficient (Wildman–Crippen LogP) is 2.76. The summed E-state index contributed by atoms with van der Waals surface area (Å²) in [6.07, 6.45) is 2.94. The van der Waals surface area contributed by atoms with Gasteiger partial charge < -0.3 is 10.3 Å². The van der Waals surface area contributed by atoms with E-state index >= 15 is 0 Å². The fraction of sp³-hybridized carbons (Fsp3) is 0.0833. The van der Waals surface area contributed by atoms with Gasteiger partial charge in [0.2, 0.25) is 5.28 Å². The second-order valence-corrected chi connectivity index (χ2v) is 4.24. The number of nitrogens with zero attached hydrogens (tertiary/aromatic N) is 3. The normalized spacial score (nSPS) is 10.8. The van der Waals surface area contributed by atoms with Gasteiger partial charge in [-0.25, -0.2) is 9.37 Å². The first-order chi connectivity index (χ1) is 9.22. The minimum atomic E-state index is -0.359. The zero-order chi connectivity index (χ0) is 13.2. The standard InChI is InChI=1S/C12H9ClFN5/c13-12-18-10-9(3-4-15-10)11(19-12)17-6-8-2-1-7(14)5-16-8/h1-5H,6H2,(H2,15,17,18,19). The van der Waals surface area contributed by atoms with Crippen molar-refractivity contribution in [2.24, 2.45) is 0 Å². The molecule has 0 bridgehead atoms. The van der Waals surface area contributed by atoms with Crippen LogP contribution in [0.15, 0.2) is 30.6 Å². The quantitative estimate of drug-likeness (QED) is 0.723. The van der Waals surface area contributed by atoms with Crippen LogP contribution >= 0.6 is 11.6 Å². The lowest BCUT2D eigenvalue weighted by atomic mass is 10.3. The third-order valence-electron chi connectivity index (χ3n) is 2.61. The third-order valence-corrected chi connectivity index (χ3v) is 2.78. The molecule has 0 unspecified atom stereocenters. The molecule has 5 nitrogen and oxygen atoms in total. The molecule has 0 aliphatic rings. The first-order valence-corrected chi connectivity index (χ1v) is 5.95. The van der Waals surface area contributed by atoms with Crippen molar-refractivity contribution in [3.8, 4) is 0 Å². The lowest BCUT2D eigenvalue weighted by Crippen LogP contribution is -2.04. The van der Waals surface area contributed by atoms with E-state index in [2.05, 4.69) is 25.3 Å². The summed E-state index contributed by atoms with van der Waals surface area (Å²) in [6.45, 7) is 0.425. The third kappa shape index (κ3) is 2.48. The van der Waals surface area contributed by atoms with Gasteiger partial charge >= 0.3 is 0 Å². The Hall–Kier alpha value is -2.21. The Kier molecular flexibility index (Phi) is 3.00. The van der Waals surface area contributed by atoms with Crippen LogP contribution in [0.2, 0.25) is 5.28 Å². The van der Waals surface area contributed by atoms with Crippen LogP contribution in [-0.4, -0.2) is 19.9 Å². The van der Waals surface area contributed by atoms with Crippen LogP contribution in [0.3, 0.4) is 0 Å². The number of pyridine rings is 1. The van der Waals surface area contributed by atoms with Crippen LogP contribution in [0.25, 0.3) is 11.0 Å². The van der Waals surface area contributed by atoms with Gasteiger partial charge in [-0.3, -0.25) is 4.98 Å². The maximum Gasteiger partial charge on any atom is 0.226 e. The van der Waals surface area contributed by atoms with Crippen molar-refractivity contribution in [1.29, 1.82) is 0 Å². The number of aromatic amines is 1. The highest BCUT2D eigenvalue weighted by Gasteiger charge is 2.07. The maximum atomic E-state index is 12.7. The first-order valence-electron chi connectivity index (χ1n) is 5.57. The summed E-state index contributed by atoms with van der Waals surface area (Å²) in [7, 11) is 0. The molecule has 0 amide bonds. The van der Waals surface area contributed by atoms with Crippen LogP contribution in [0, 0.1) is 5.82 Å². The van der Waals surface area contributed by atoms with Crippen molar-refractivity contribution >= 4 is 28.5 Å². The maximum absolute atomic E-state index is 12.7. The average Bonchev–Trinajstić information content (AvgIpc) is 2.85. The summed E-state index contributed by atoms with van der Waals surface area (Å²) in [6, 6.07) is 4.83.